The van der Waals surface area contributed by atoms with Gasteiger partial charge in [0.1, 0.15) is 5.82 Å². The molecule has 0 unspecified atom stereocenters. The third kappa shape index (κ3) is 3.85. The molecule has 5 nitrogen and oxygen atoms in total. The van der Waals surface area contributed by atoms with Crippen LogP contribution >= 0.6 is 0 Å². The highest BCUT2D eigenvalue weighted by Gasteiger charge is 2.19. The van der Waals surface area contributed by atoms with E-state index in [0.29, 0.717) is 12.5 Å². The predicted octanol–water partition coefficient (Wildman–Crippen LogP) is 1.65. The number of hydrogen-bond donors (Lipinski definition) is 3. The molecule has 21 heavy (non-hydrogen) atoms. The molecule has 1 aromatic carbocycles. The van der Waals surface area contributed by atoms with Gasteiger partial charge in [0.15, 0.2) is 0 Å². The van der Waals surface area contributed by atoms with Gasteiger partial charge in [0, 0.05) is 12.2 Å². The standard InChI is InChI=1S/C15H23FN4O/c1-2-20-5-3-10(4-6-20)9-19-14-7-11(15(18)21)13(17)8-12(14)16/h7-8,10,19H,2-6,9,17H2,1H3,(H2,18,21). The van der Waals surface area contributed by atoms with Gasteiger partial charge in [-0.05, 0) is 50.5 Å². The van der Waals surface area contributed by atoms with Crippen LogP contribution in [0.15, 0.2) is 12.1 Å². The summed E-state index contributed by atoms with van der Waals surface area (Å²) in [5.74, 6) is -0.586. The molecule has 1 heterocycles. The Kier molecular flexibility index (Phi) is 5.01. The number of halogens is 1. The lowest BCUT2D eigenvalue weighted by Gasteiger charge is -2.31. The molecule has 5 N–H and O–H groups in total. The van der Waals surface area contributed by atoms with Crippen molar-refractivity contribution in [2.24, 2.45) is 11.7 Å². The molecule has 116 valence electrons. The Morgan fingerprint density at radius 2 is 2.10 bits per heavy atom. The Bertz CT molecular complexity index is 513. The van der Waals surface area contributed by atoms with E-state index >= 15 is 0 Å². The SMILES string of the molecule is CCN1CCC(CNc2cc(C(N)=O)c(N)cc2F)CC1. The highest BCUT2D eigenvalue weighted by atomic mass is 19.1. The molecule has 1 fully saturated rings. The van der Waals surface area contributed by atoms with Crippen molar-refractivity contribution < 1.29 is 9.18 Å². The number of primary amides is 1. The van der Waals surface area contributed by atoms with Crippen molar-refractivity contribution in [3.8, 4) is 0 Å². The van der Waals surface area contributed by atoms with E-state index in [4.69, 9.17) is 11.5 Å². The minimum atomic E-state index is -0.646. The van der Waals surface area contributed by atoms with Crippen LogP contribution in [0.1, 0.15) is 30.1 Å². The highest BCUT2D eigenvalue weighted by molar-refractivity contribution is 5.99. The molecule has 2 rings (SSSR count). The van der Waals surface area contributed by atoms with Crippen LogP contribution in [0.2, 0.25) is 0 Å². The third-order valence-electron chi connectivity index (χ3n) is 4.14. The van der Waals surface area contributed by atoms with Crippen LogP contribution in [0.25, 0.3) is 0 Å². The van der Waals surface area contributed by atoms with E-state index in [1.54, 1.807) is 0 Å². The Morgan fingerprint density at radius 1 is 1.43 bits per heavy atom. The average molecular weight is 294 g/mol. The van der Waals surface area contributed by atoms with Crippen molar-refractivity contribution in [2.75, 3.05) is 37.2 Å². The zero-order chi connectivity index (χ0) is 15.4. The van der Waals surface area contributed by atoms with E-state index in [1.165, 1.54) is 6.07 Å². The maximum Gasteiger partial charge on any atom is 0.250 e. The number of nitrogens with one attached hydrogen (secondary N) is 1. The molecule has 1 aromatic rings. The molecule has 0 bridgehead atoms. The number of piperidine rings is 1. The summed E-state index contributed by atoms with van der Waals surface area (Å²) in [6, 6.07) is 2.54. The van der Waals surface area contributed by atoms with E-state index in [0.717, 1.165) is 38.5 Å². The first kappa shape index (κ1) is 15.6. The Labute approximate surface area is 124 Å². The fraction of sp³-hybridized carbons (Fsp3) is 0.533. The van der Waals surface area contributed by atoms with Crippen molar-refractivity contribution in [3.63, 3.8) is 0 Å². The minimum absolute atomic E-state index is 0.0711. The first-order valence-electron chi connectivity index (χ1n) is 7.36. The van der Waals surface area contributed by atoms with Crippen LogP contribution in [0.4, 0.5) is 15.8 Å². The van der Waals surface area contributed by atoms with Gasteiger partial charge in [0.05, 0.1) is 11.3 Å². The Balaban J connectivity index is 1.97. The summed E-state index contributed by atoms with van der Waals surface area (Å²) in [5.41, 5.74) is 11.3. The maximum absolute atomic E-state index is 13.9. The molecule has 0 radical (unpaired) electrons. The molecular weight excluding hydrogens is 271 g/mol. The number of rotatable bonds is 5. The molecule has 0 saturated carbocycles. The predicted molar refractivity (Wildman–Crippen MR) is 82.7 cm³/mol. The molecule has 1 aliphatic heterocycles. The third-order valence-corrected chi connectivity index (χ3v) is 4.14. The molecule has 0 spiro atoms. The highest BCUT2D eigenvalue weighted by Crippen LogP contribution is 2.23. The second-order valence-corrected chi connectivity index (χ2v) is 5.54. The van der Waals surface area contributed by atoms with Crippen molar-refractivity contribution in [1.82, 2.24) is 4.90 Å². The quantitative estimate of drug-likeness (QED) is 0.721. The summed E-state index contributed by atoms with van der Waals surface area (Å²) in [6.07, 6.45) is 2.19. The van der Waals surface area contributed by atoms with Crippen LogP contribution in [0.5, 0.6) is 0 Å². The zero-order valence-corrected chi connectivity index (χ0v) is 12.4. The van der Waals surface area contributed by atoms with E-state index in [9.17, 15) is 9.18 Å². The molecule has 0 aromatic heterocycles. The monoisotopic (exact) mass is 294 g/mol. The largest absolute Gasteiger partial charge is 0.398 e. The summed E-state index contributed by atoms with van der Waals surface area (Å²) in [4.78, 5) is 13.7. The average Bonchev–Trinajstić information content (AvgIpc) is 2.46. The number of anilines is 2. The molecule has 6 heteroatoms. The van der Waals surface area contributed by atoms with Gasteiger partial charge in [-0.2, -0.15) is 0 Å². The summed E-state index contributed by atoms with van der Waals surface area (Å²) in [6.45, 7) is 6.10. The fourth-order valence-electron chi connectivity index (χ4n) is 2.70. The Hall–Kier alpha value is -1.82. The molecule has 1 aliphatic rings. The molecule has 0 aliphatic carbocycles. The van der Waals surface area contributed by atoms with Crippen LogP contribution in [0, 0.1) is 11.7 Å². The van der Waals surface area contributed by atoms with Gasteiger partial charge in [-0.15, -0.1) is 0 Å². The van der Waals surface area contributed by atoms with Crippen molar-refractivity contribution in [1.29, 1.82) is 0 Å². The second-order valence-electron chi connectivity index (χ2n) is 5.54. The fourth-order valence-corrected chi connectivity index (χ4v) is 2.70. The van der Waals surface area contributed by atoms with E-state index in [-0.39, 0.29) is 16.9 Å². The van der Waals surface area contributed by atoms with Crippen molar-refractivity contribution in [3.05, 3.63) is 23.5 Å². The first-order valence-corrected chi connectivity index (χ1v) is 7.36. The topological polar surface area (TPSA) is 84.4 Å². The lowest BCUT2D eigenvalue weighted by Crippen LogP contribution is -2.35. The van der Waals surface area contributed by atoms with Gasteiger partial charge in [0.2, 0.25) is 0 Å². The summed E-state index contributed by atoms with van der Waals surface area (Å²) < 4.78 is 13.9. The smallest absolute Gasteiger partial charge is 0.250 e. The molecular formula is C15H23FN4O. The zero-order valence-electron chi connectivity index (χ0n) is 12.4. The number of carbonyl (C=O) groups is 1. The number of carbonyl (C=O) groups excluding carboxylic acids is 1. The second kappa shape index (κ2) is 6.76. The number of benzene rings is 1. The molecule has 0 atom stereocenters. The summed E-state index contributed by atoms with van der Waals surface area (Å²) in [5, 5.41) is 3.08. The normalized spacial score (nSPS) is 16.9. The van der Waals surface area contributed by atoms with Gasteiger partial charge in [-0.25, -0.2) is 4.39 Å². The van der Waals surface area contributed by atoms with Crippen LogP contribution in [-0.4, -0.2) is 37.0 Å². The molecule has 1 amide bonds. The van der Waals surface area contributed by atoms with Crippen LogP contribution in [-0.2, 0) is 0 Å². The van der Waals surface area contributed by atoms with Gasteiger partial charge < -0.3 is 21.7 Å². The minimum Gasteiger partial charge on any atom is -0.398 e. The van der Waals surface area contributed by atoms with Gasteiger partial charge >= 0.3 is 0 Å². The van der Waals surface area contributed by atoms with Gasteiger partial charge in [-0.3, -0.25) is 4.79 Å². The van der Waals surface area contributed by atoms with Crippen LogP contribution in [0.3, 0.4) is 0 Å². The van der Waals surface area contributed by atoms with Crippen molar-refractivity contribution >= 4 is 17.3 Å². The van der Waals surface area contributed by atoms with E-state index < -0.39 is 11.7 Å². The number of hydrogen-bond acceptors (Lipinski definition) is 4. The molecule has 1 saturated heterocycles. The lowest BCUT2D eigenvalue weighted by molar-refractivity contribution is 0.100. The van der Waals surface area contributed by atoms with E-state index in [1.807, 2.05) is 0 Å². The van der Waals surface area contributed by atoms with Crippen LogP contribution < -0.4 is 16.8 Å². The van der Waals surface area contributed by atoms with Gasteiger partial charge in [-0.1, -0.05) is 6.92 Å². The van der Waals surface area contributed by atoms with E-state index in [2.05, 4.69) is 17.1 Å². The summed E-state index contributed by atoms with van der Waals surface area (Å²) >= 11 is 0. The number of nitrogen functional groups attached to an aromatic ring is 1. The summed E-state index contributed by atoms with van der Waals surface area (Å²) in [7, 11) is 0. The number of nitrogens with two attached hydrogens (primary N) is 2. The van der Waals surface area contributed by atoms with Gasteiger partial charge in [0.25, 0.3) is 5.91 Å². The van der Waals surface area contributed by atoms with Crippen molar-refractivity contribution in [2.45, 2.75) is 19.8 Å². The number of likely N-dealkylation sites (tertiary alicyclic amines) is 1. The Morgan fingerprint density at radius 3 is 2.67 bits per heavy atom. The number of nitrogens with zero attached hydrogens (tertiary/aromatic N) is 1. The first-order chi connectivity index (χ1) is 10.0. The lowest BCUT2D eigenvalue weighted by atomic mass is 9.96. The number of amides is 1. The maximum atomic E-state index is 13.9.